The summed E-state index contributed by atoms with van der Waals surface area (Å²) < 4.78 is 19.9. The van der Waals surface area contributed by atoms with Gasteiger partial charge in [0.05, 0.1) is 12.7 Å². The van der Waals surface area contributed by atoms with Crippen LogP contribution >= 0.6 is 0 Å². The largest absolute Gasteiger partial charge is 0.466 e. The van der Waals surface area contributed by atoms with Crippen LogP contribution in [0, 0.1) is 11.7 Å². The molecule has 6 heteroatoms. The molecular formula is C13H12FN3O2. The van der Waals surface area contributed by atoms with Crippen molar-refractivity contribution in [2.75, 3.05) is 7.11 Å². The molecule has 19 heavy (non-hydrogen) atoms. The molecule has 0 radical (unpaired) electrons. The minimum atomic E-state index is -0.442. The van der Waals surface area contributed by atoms with E-state index in [0.717, 1.165) is 17.5 Å². The number of rotatable bonds is 3. The van der Waals surface area contributed by atoms with E-state index in [1.54, 1.807) is 18.2 Å². The number of carbonyl (C=O) groups excluding carboxylic acids is 1. The number of hydrogen-bond acceptors (Lipinski definition) is 4. The van der Waals surface area contributed by atoms with Gasteiger partial charge in [-0.05, 0) is 25.0 Å². The van der Waals surface area contributed by atoms with E-state index in [4.69, 9.17) is 4.74 Å². The van der Waals surface area contributed by atoms with Crippen LogP contribution in [0.1, 0.15) is 17.6 Å². The summed E-state index contributed by atoms with van der Waals surface area (Å²) >= 11 is 0. The Labute approximate surface area is 109 Å². The molecule has 1 aromatic carbocycles. The Morgan fingerprint density at radius 1 is 1.42 bits per heavy atom. The molecule has 1 saturated carbocycles. The van der Waals surface area contributed by atoms with E-state index in [9.17, 15) is 9.18 Å². The highest BCUT2D eigenvalue weighted by Gasteiger charge is 2.34. The van der Waals surface area contributed by atoms with Gasteiger partial charge < -0.3 is 4.74 Å². The number of aromatic nitrogens is 3. The summed E-state index contributed by atoms with van der Waals surface area (Å²) in [6.07, 6.45) is 1.69. The number of methoxy groups -OCH3 is 1. The predicted molar refractivity (Wildman–Crippen MR) is 65.3 cm³/mol. The fraction of sp³-hybridized carbons (Fsp3) is 0.308. The van der Waals surface area contributed by atoms with Crippen LogP contribution in [-0.4, -0.2) is 27.8 Å². The molecule has 1 aromatic heterocycles. The van der Waals surface area contributed by atoms with Crippen molar-refractivity contribution in [2.24, 2.45) is 5.92 Å². The molecule has 1 aliphatic rings. The second-order valence-corrected chi connectivity index (χ2v) is 4.43. The Kier molecular flexibility index (Phi) is 2.77. The molecule has 0 unspecified atom stereocenters. The maximum absolute atomic E-state index is 13.8. The van der Waals surface area contributed by atoms with Crippen LogP contribution in [0.4, 0.5) is 4.39 Å². The van der Waals surface area contributed by atoms with E-state index < -0.39 is 5.82 Å². The lowest BCUT2D eigenvalue weighted by Crippen LogP contribution is -2.16. The van der Waals surface area contributed by atoms with Crippen LogP contribution in [0.5, 0.6) is 6.01 Å². The molecule has 0 saturated heterocycles. The molecule has 2 aromatic rings. The molecular weight excluding hydrogens is 249 g/mol. The van der Waals surface area contributed by atoms with Crippen molar-refractivity contribution in [3.05, 3.63) is 30.1 Å². The van der Waals surface area contributed by atoms with Gasteiger partial charge in [-0.15, -0.1) is 5.10 Å². The molecule has 1 aliphatic carbocycles. The highest BCUT2D eigenvalue weighted by Crippen LogP contribution is 2.32. The molecule has 1 fully saturated rings. The van der Waals surface area contributed by atoms with Gasteiger partial charge in [0.2, 0.25) is 0 Å². The van der Waals surface area contributed by atoms with Gasteiger partial charge in [0.15, 0.2) is 5.82 Å². The molecule has 0 aliphatic heterocycles. The van der Waals surface area contributed by atoms with Crippen LogP contribution in [0.3, 0.4) is 0 Å². The second-order valence-electron chi connectivity index (χ2n) is 4.43. The monoisotopic (exact) mass is 261 g/mol. The predicted octanol–water partition coefficient (Wildman–Crippen LogP) is 2.14. The van der Waals surface area contributed by atoms with Crippen LogP contribution in [0.15, 0.2) is 24.3 Å². The van der Waals surface area contributed by atoms with Crippen LogP contribution in [0.2, 0.25) is 0 Å². The summed E-state index contributed by atoms with van der Waals surface area (Å²) in [6, 6.07) is 6.22. The van der Waals surface area contributed by atoms with Gasteiger partial charge >= 0.3 is 6.01 Å². The Morgan fingerprint density at radius 3 is 2.79 bits per heavy atom. The van der Waals surface area contributed by atoms with Crippen LogP contribution in [0.25, 0.3) is 11.4 Å². The summed E-state index contributed by atoms with van der Waals surface area (Å²) in [6.45, 7) is 0. The molecule has 0 N–H and O–H groups in total. The van der Waals surface area contributed by atoms with Crippen molar-refractivity contribution in [3.8, 4) is 17.4 Å². The third-order valence-electron chi connectivity index (χ3n) is 3.02. The summed E-state index contributed by atoms with van der Waals surface area (Å²) in [4.78, 5) is 16.2. The zero-order valence-electron chi connectivity index (χ0n) is 10.3. The normalized spacial score (nSPS) is 14.4. The maximum Gasteiger partial charge on any atom is 0.336 e. The number of halogens is 1. The molecule has 98 valence electrons. The second kappa shape index (κ2) is 4.46. The maximum atomic E-state index is 13.8. The van der Waals surface area contributed by atoms with Gasteiger partial charge in [-0.3, -0.25) is 4.79 Å². The Balaban J connectivity index is 2.11. The van der Waals surface area contributed by atoms with E-state index in [-0.39, 0.29) is 29.2 Å². The van der Waals surface area contributed by atoms with Gasteiger partial charge in [-0.2, -0.15) is 9.67 Å². The fourth-order valence-corrected chi connectivity index (χ4v) is 1.85. The first-order chi connectivity index (χ1) is 9.20. The standard InChI is InChI=1S/C13H12FN3O2/c1-19-13-15-11(9-4-2-3-5-10(9)14)17(16-13)12(18)8-6-7-8/h2-5,8H,6-7H2,1H3. The van der Waals surface area contributed by atoms with Crippen molar-refractivity contribution in [1.82, 2.24) is 14.8 Å². The molecule has 0 atom stereocenters. The molecule has 0 spiro atoms. The van der Waals surface area contributed by atoms with Crippen molar-refractivity contribution in [3.63, 3.8) is 0 Å². The lowest BCUT2D eigenvalue weighted by atomic mass is 10.2. The number of hydrogen-bond donors (Lipinski definition) is 0. The molecule has 0 amide bonds. The zero-order valence-corrected chi connectivity index (χ0v) is 10.3. The van der Waals surface area contributed by atoms with E-state index in [1.165, 1.54) is 13.2 Å². The van der Waals surface area contributed by atoms with E-state index in [0.29, 0.717) is 0 Å². The van der Waals surface area contributed by atoms with E-state index in [2.05, 4.69) is 10.1 Å². The number of carbonyl (C=O) groups is 1. The lowest BCUT2D eigenvalue weighted by molar-refractivity contribution is 0.0870. The van der Waals surface area contributed by atoms with Gasteiger partial charge in [0, 0.05) is 5.92 Å². The average molecular weight is 261 g/mol. The Bertz CT molecular complexity index is 635. The Morgan fingerprint density at radius 2 is 2.16 bits per heavy atom. The Hall–Kier alpha value is -2.24. The highest BCUT2D eigenvalue weighted by atomic mass is 19.1. The van der Waals surface area contributed by atoms with Crippen molar-refractivity contribution < 1.29 is 13.9 Å². The average Bonchev–Trinajstić information content (AvgIpc) is 3.18. The van der Waals surface area contributed by atoms with E-state index in [1.807, 2.05) is 0 Å². The van der Waals surface area contributed by atoms with Crippen LogP contribution in [-0.2, 0) is 0 Å². The third kappa shape index (κ3) is 2.09. The summed E-state index contributed by atoms with van der Waals surface area (Å²) in [5.74, 6) is -0.444. The number of nitrogens with zero attached hydrogens (tertiary/aromatic N) is 3. The first-order valence-electron chi connectivity index (χ1n) is 6.01. The number of benzene rings is 1. The summed E-state index contributed by atoms with van der Waals surface area (Å²) in [5.41, 5.74) is 0.243. The van der Waals surface area contributed by atoms with Gasteiger partial charge in [0.25, 0.3) is 5.91 Å². The highest BCUT2D eigenvalue weighted by molar-refractivity contribution is 5.86. The topological polar surface area (TPSA) is 57.0 Å². The summed E-state index contributed by atoms with van der Waals surface area (Å²) in [7, 11) is 1.41. The van der Waals surface area contributed by atoms with Gasteiger partial charge in [-0.1, -0.05) is 12.1 Å². The quantitative estimate of drug-likeness (QED) is 0.849. The van der Waals surface area contributed by atoms with Crippen molar-refractivity contribution in [1.29, 1.82) is 0 Å². The smallest absolute Gasteiger partial charge is 0.336 e. The minimum Gasteiger partial charge on any atom is -0.466 e. The minimum absolute atomic E-state index is 0.0306. The molecule has 3 rings (SSSR count). The first kappa shape index (κ1) is 11.8. The first-order valence-corrected chi connectivity index (χ1v) is 6.01. The lowest BCUT2D eigenvalue weighted by Gasteiger charge is -2.04. The molecule has 1 heterocycles. The SMILES string of the molecule is COc1nc(-c2ccccc2F)n(C(=O)C2CC2)n1. The number of ether oxygens (including phenoxy) is 1. The van der Waals surface area contributed by atoms with Gasteiger partial charge in [-0.25, -0.2) is 4.39 Å². The zero-order chi connectivity index (χ0) is 13.4. The van der Waals surface area contributed by atoms with Crippen molar-refractivity contribution in [2.45, 2.75) is 12.8 Å². The summed E-state index contributed by atoms with van der Waals surface area (Å²) in [5, 5.41) is 3.97. The fourth-order valence-electron chi connectivity index (χ4n) is 1.85. The van der Waals surface area contributed by atoms with Gasteiger partial charge in [0.1, 0.15) is 5.82 Å². The third-order valence-corrected chi connectivity index (χ3v) is 3.02. The van der Waals surface area contributed by atoms with Crippen LogP contribution < -0.4 is 4.74 Å². The van der Waals surface area contributed by atoms with Crippen molar-refractivity contribution >= 4 is 5.91 Å². The van der Waals surface area contributed by atoms with E-state index >= 15 is 0 Å². The molecule has 5 nitrogen and oxygen atoms in total. The molecule has 0 bridgehead atoms.